The maximum absolute atomic E-state index is 12.8. The van der Waals surface area contributed by atoms with E-state index in [0.29, 0.717) is 24.1 Å². The third-order valence-electron chi connectivity index (χ3n) is 4.14. The fourth-order valence-corrected chi connectivity index (χ4v) is 4.57. The van der Waals surface area contributed by atoms with Crippen molar-refractivity contribution in [2.24, 2.45) is 5.92 Å². The molecule has 12 heteroatoms. The molecule has 0 amide bonds. The minimum Gasteiger partial charge on any atom is -0.480 e. The summed E-state index contributed by atoms with van der Waals surface area (Å²) in [6, 6.07) is -0.951. The molecule has 4 N–H and O–H groups in total. The van der Waals surface area contributed by atoms with E-state index in [-0.39, 0.29) is 30.8 Å². The average molecular weight is 398 g/mol. The predicted molar refractivity (Wildman–Crippen MR) is 97.0 cm³/mol. The van der Waals surface area contributed by atoms with Gasteiger partial charge >= 0.3 is 5.97 Å². The number of nitrogens with zero attached hydrogens (tertiary/aromatic N) is 4. The predicted octanol–water partition coefficient (Wildman–Crippen LogP) is 1.06. The zero-order valence-electron chi connectivity index (χ0n) is 15.1. The van der Waals surface area contributed by atoms with Crippen molar-refractivity contribution in [1.29, 1.82) is 0 Å². The number of nitrogens with one attached hydrogen (secondary N) is 1. The summed E-state index contributed by atoms with van der Waals surface area (Å²) in [5.41, 5.74) is 6.84. The highest BCUT2D eigenvalue weighted by atomic mass is 31.2. The number of nitrogens with two attached hydrogens (primary N) is 1. The second-order valence-corrected chi connectivity index (χ2v) is 8.99. The van der Waals surface area contributed by atoms with E-state index in [1.165, 1.54) is 6.33 Å². The average Bonchev–Trinajstić information content (AvgIpc) is 3.00. The van der Waals surface area contributed by atoms with Crippen molar-refractivity contribution in [2.75, 3.05) is 18.7 Å². The summed E-state index contributed by atoms with van der Waals surface area (Å²) in [5.74, 6) is -0.641. The quantitative estimate of drug-likeness (QED) is 0.577. The van der Waals surface area contributed by atoms with Crippen molar-refractivity contribution in [2.45, 2.75) is 39.0 Å². The number of carboxylic acids is 1. The highest BCUT2D eigenvalue weighted by Gasteiger charge is 2.36. The van der Waals surface area contributed by atoms with E-state index >= 15 is 0 Å². The molecule has 1 saturated heterocycles. The fourth-order valence-electron chi connectivity index (χ4n) is 2.84. The minimum absolute atomic E-state index is 0.0541. The molecule has 1 aliphatic heterocycles. The summed E-state index contributed by atoms with van der Waals surface area (Å²) in [6.45, 7) is 4.22. The minimum atomic E-state index is -3.39. The molecule has 0 aliphatic carbocycles. The highest BCUT2D eigenvalue weighted by molar-refractivity contribution is 7.56. The molecule has 0 spiro atoms. The molecule has 0 aromatic carbocycles. The van der Waals surface area contributed by atoms with Crippen LogP contribution in [0.4, 0.5) is 5.82 Å². The van der Waals surface area contributed by atoms with E-state index in [1.807, 2.05) is 13.8 Å². The van der Waals surface area contributed by atoms with Crippen LogP contribution in [-0.4, -0.2) is 55.7 Å². The van der Waals surface area contributed by atoms with Crippen LogP contribution in [0.25, 0.3) is 11.2 Å². The number of anilines is 1. The van der Waals surface area contributed by atoms with Gasteiger partial charge in [-0.25, -0.2) is 20.0 Å². The Morgan fingerprint density at radius 1 is 1.48 bits per heavy atom. The molecule has 3 rings (SSSR count). The lowest BCUT2D eigenvalue weighted by Gasteiger charge is -2.31. The van der Waals surface area contributed by atoms with E-state index < -0.39 is 19.5 Å². The number of aliphatic carboxylic acids is 1. The number of hydrogen-bond donors (Lipinski definition) is 3. The molecule has 27 heavy (non-hydrogen) atoms. The first-order valence-corrected chi connectivity index (χ1v) is 10.4. The second-order valence-electron chi connectivity index (χ2n) is 6.86. The number of hydrogen-bond acceptors (Lipinski definition) is 8. The molecule has 0 bridgehead atoms. The maximum Gasteiger partial charge on any atom is 0.321 e. The number of nitrogen functional groups attached to an aromatic ring is 1. The highest BCUT2D eigenvalue weighted by Crippen LogP contribution is 2.46. The van der Waals surface area contributed by atoms with Crippen molar-refractivity contribution in [1.82, 2.24) is 24.6 Å². The van der Waals surface area contributed by atoms with Gasteiger partial charge in [-0.2, -0.15) is 0 Å². The van der Waals surface area contributed by atoms with Crippen LogP contribution >= 0.6 is 7.52 Å². The molecule has 2 aromatic rings. The Bertz CT molecular complexity index is 859. The second kappa shape index (κ2) is 7.89. The van der Waals surface area contributed by atoms with Gasteiger partial charge in [0.2, 0.25) is 0 Å². The molecular weight excluding hydrogens is 375 g/mol. The molecule has 3 heterocycles. The standard InChI is InChI=1S/C15H23N6O5P/c1-9(2)3-11(15(22)23)20-27(24)8-25-10(5-26-27)4-21-7-19-12-13(16)17-6-18-14(12)21/h6-7,9-11H,3-5,8H2,1-2H3,(H,20,24)(H,22,23)(H2,16,17,18)/t10-,11?,27?/m0/s1. The van der Waals surface area contributed by atoms with Crippen LogP contribution in [0, 0.1) is 5.92 Å². The Labute approximate surface area is 155 Å². The number of carbonyl (C=O) groups is 1. The Kier molecular flexibility index (Phi) is 5.75. The SMILES string of the molecule is CC(C)CC(NP1(=O)CO[C@@H](Cn2cnc3c(N)ncnc32)CO1)C(=O)O. The van der Waals surface area contributed by atoms with Crippen LogP contribution in [-0.2, 0) is 25.2 Å². The van der Waals surface area contributed by atoms with Gasteiger partial charge in [0.1, 0.15) is 30.3 Å². The van der Waals surface area contributed by atoms with Gasteiger partial charge in [-0.3, -0.25) is 9.36 Å². The van der Waals surface area contributed by atoms with Crippen LogP contribution in [0.5, 0.6) is 0 Å². The van der Waals surface area contributed by atoms with E-state index in [1.54, 1.807) is 10.9 Å². The largest absolute Gasteiger partial charge is 0.480 e. The molecule has 1 fully saturated rings. The number of rotatable bonds is 7. The first-order valence-electron chi connectivity index (χ1n) is 8.54. The molecule has 148 valence electrons. The maximum atomic E-state index is 12.8. The van der Waals surface area contributed by atoms with Crippen molar-refractivity contribution in [3.8, 4) is 0 Å². The van der Waals surface area contributed by atoms with E-state index in [4.69, 9.17) is 15.0 Å². The van der Waals surface area contributed by atoms with Gasteiger partial charge in [-0.05, 0) is 12.3 Å². The van der Waals surface area contributed by atoms with E-state index in [9.17, 15) is 14.5 Å². The van der Waals surface area contributed by atoms with Gasteiger partial charge in [0, 0.05) is 0 Å². The van der Waals surface area contributed by atoms with Crippen molar-refractivity contribution < 1.29 is 23.7 Å². The first kappa shape index (κ1) is 19.7. The van der Waals surface area contributed by atoms with Gasteiger partial charge in [-0.1, -0.05) is 13.8 Å². The molecule has 2 aromatic heterocycles. The zero-order valence-corrected chi connectivity index (χ0v) is 16.0. The Balaban J connectivity index is 1.61. The normalized spacial score (nSPS) is 24.3. The smallest absolute Gasteiger partial charge is 0.321 e. The summed E-state index contributed by atoms with van der Waals surface area (Å²) in [7, 11) is -3.39. The molecule has 1 aliphatic rings. The molecule has 0 radical (unpaired) electrons. The molecule has 2 unspecified atom stereocenters. The number of aromatic nitrogens is 4. The van der Waals surface area contributed by atoms with Gasteiger partial charge in [0.15, 0.2) is 11.5 Å². The third kappa shape index (κ3) is 4.62. The Morgan fingerprint density at radius 2 is 2.26 bits per heavy atom. The summed E-state index contributed by atoms with van der Waals surface area (Å²) < 4.78 is 25.7. The van der Waals surface area contributed by atoms with Gasteiger partial charge < -0.3 is 24.7 Å². The molecule has 0 saturated carbocycles. The Morgan fingerprint density at radius 3 is 2.89 bits per heavy atom. The van der Waals surface area contributed by atoms with Crippen LogP contribution in [0.2, 0.25) is 0 Å². The lowest BCUT2D eigenvalue weighted by atomic mass is 10.1. The summed E-state index contributed by atoms with van der Waals surface area (Å²) in [6.07, 6.45) is 2.69. The number of fused-ring (bicyclic) bond motifs is 1. The summed E-state index contributed by atoms with van der Waals surface area (Å²) >= 11 is 0. The fraction of sp³-hybridized carbons (Fsp3) is 0.600. The van der Waals surface area contributed by atoms with Crippen LogP contribution < -0.4 is 10.8 Å². The Hall–Kier alpha value is -2.07. The first-order chi connectivity index (χ1) is 12.8. The van der Waals surface area contributed by atoms with Crippen LogP contribution in [0.3, 0.4) is 0 Å². The van der Waals surface area contributed by atoms with E-state index in [0.717, 1.165) is 0 Å². The molecular formula is C15H23N6O5P. The number of imidazole rings is 1. The van der Waals surface area contributed by atoms with Crippen molar-refractivity contribution in [3.05, 3.63) is 12.7 Å². The van der Waals surface area contributed by atoms with Gasteiger partial charge in [-0.15, -0.1) is 0 Å². The van der Waals surface area contributed by atoms with Gasteiger partial charge in [0.25, 0.3) is 7.52 Å². The summed E-state index contributed by atoms with van der Waals surface area (Å²) in [5, 5.41) is 11.9. The third-order valence-corrected chi connectivity index (χ3v) is 5.90. The van der Waals surface area contributed by atoms with Crippen molar-refractivity contribution >= 4 is 30.5 Å². The lowest BCUT2D eigenvalue weighted by molar-refractivity contribution is -0.139. The summed E-state index contributed by atoms with van der Waals surface area (Å²) in [4.78, 5) is 23.6. The van der Waals surface area contributed by atoms with Crippen LogP contribution in [0.15, 0.2) is 12.7 Å². The molecule has 11 nitrogen and oxygen atoms in total. The molecule has 3 atom stereocenters. The number of carboxylic acid groups (broad SMARTS) is 1. The number of ether oxygens (including phenoxy) is 1. The van der Waals surface area contributed by atoms with Crippen LogP contribution in [0.1, 0.15) is 20.3 Å². The topological polar surface area (TPSA) is 154 Å². The van der Waals surface area contributed by atoms with Gasteiger partial charge in [0.05, 0.1) is 19.5 Å². The van der Waals surface area contributed by atoms with Crippen molar-refractivity contribution in [3.63, 3.8) is 0 Å². The van der Waals surface area contributed by atoms with E-state index in [2.05, 4.69) is 20.0 Å². The zero-order chi connectivity index (χ0) is 19.6. The lowest BCUT2D eigenvalue weighted by Crippen LogP contribution is -2.40. The monoisotopic (exact) mass is 398 g/mol.